The fourth-order valence-corrected chi connectivity index (χ4v) is 1.66. The maximum atomic E-state index is 13.3. The molecule has 0 saturated carbocycles. The minimum absolute atomic E-state index is 0.00175. The van der Waals surface area contributed by atoms with Crippen LogP contribution in [0.2, 0.25) is 0 Å². The van der Waals surface area contributed by atoms with Gasteiger partial charge in [0.2, 0.25) is 0 Å². The predicted molar refractivity (Wildman–Crippen MR) is 61.3 cm³/mol. The Balaban J connectivity index is 2.80. The normalized spacial score (nSPS) is 12.6. The quantitative estimate of drug-likeness (QED) is 0.716. The molecule has 3 heteroatoms. The van der Waals surface area contributed by atoms with Gasteiger partial charge in [0, 0.05) is 0 Å². The van der Waals surface area contributed by atoms with Crippen molar-refractivity contribution >= 4 is 6.29 Å². The number of hydrogen-bond donors (Lipinski definition) is 0. The van der Waals surface area contributed by atoms with Crippen LogP contribution in [0.15, 0.2) is 18.2 Å². The molecule has 0 radical (unpaired) electrons. The summed E-state index contributed by atoms with van der Waals surface area (Å²) in [6.45, 7) is 6.09. The Morgan fingerprint density at radius 3 is 2.62 bits per heavy atom. The molecule has 0 saturated heterocycles. The molecule has 1 unspecified atom stereocenters. The smallest absolute Gasteiger partial charge is 0.156 e. The standard InChI is InChI=1S/C13H17FO2/c1-9(2)7-10(3)16-13-6-4-5-12(14)11(13)8-15/h4-6,8-10H,7H2,1-3H3. The maximum Gasteiger partial charge on any atom is 0.156 e. The van der Waals surface area contributed by atoms with Crippen molar-refractivity contribution in [2.45, 2.75) is 33.3 Å². The van der Waals surface area contributed by atoms with Crippen LogP contribution in [0, 0.1) is 11.7 Å². The molecule has 0 heterocycles. The third-order valence-corrected chi connectivity index (χ3v) is 2.26. The average Bonchev–Trinajstić information content (AvgIpc) is 2.16. The Labute approximate surface area is 95.4 Å². The van der Waals surface area contributed by atoms with Crippen LogP contribution in [0.5, 0.6) is 5.75 Å². The molecule has 0 aliphatic rings. The van der Waals surface area contributed by atoms with Crippen LogP contribution in [0.4, 0.5) is 4.39 Å². The van der Waals surface area contributed by atoms with Crippen LogP contribution in [0.25, 0.3) is 0 Å². The first-order valence-electron chi connectivity index (χ1n) is 5.45. The Morgan fingerprint density at radius 1 is 1.38 bits per heavy atom. The van der Waals surface area contributed by atoms with Crippen LogP contribution in [-0.4, -0.2) is 12.4 Å². The molecular weight excluding hydrogens is 207 g/mol. The first-order valence-corrected chi connectivity index (χ1v) is 5.45. The van der Waals surface area contributed by atoms with Crippen molar-refractivity contribution in [3.05, 3.63) is 29.6 Å². The molecule has 0 amide bonds. The van der Waals surface area contributed by atoms with E-state index in [4.69, 9.17) is 4.74 Å². The molecule has 1 aromatic rings. The summed E-state index contributed by atoms with van der Waals surface area (Å²) in [5.74, 6) is 0.288. The Morgan fingerprint density at radius 2 is 2.06 bits per heavy atom. The topological polar surface area (TPSA) is 26.3 Å². The van der Waals surface area contributed by atoms with Gasteiger partial charge in [-0.15, -0.1) is 0 Å². The lowest BCUT2D eigenvalue weighted by atomic mass is 10.1. The Bertz CT molecular complexity index is 361. The monoisotopic (exact) mass is 224 g/mol. The summed E-state index contributed by atoms with van der Waals surface area (Å²) in [6, 6.07) is 4.41. The highest BCUT2D eigenvalue weighted by Crippen LogP contribution is 2.22. The molecule has 0 aliphatic carbocycles. The number of carbonyl (C=O) groups excluding carboxylic acids is 1. The first kappa shape index (κ1) is 12.7. The molecule has 0 fully saturated rings. The van der Waals surface area contributed by atoms with Crippen LogP contribution in [-0.2, 0) is 0 Å². The third kappa shape index (κ3) is 3.33. The van der Waals surface area contributed by atoms with Gasteiger partial charge < -0.3 is 4.74 Å². The molecule has 0 N–H and O–H groups in total. The largest absolute Gasteiger partial charge is 0.490 e. The highest BCUT2D eigenvalue weighted by atomic mass is 19.1. The van der Waals surface area contributed by atoms with Crippen molar-refractivity contribution in [3.63, 3.8) is 0 Å². The number of halogens is 1. The van der Waals surface area contributed by atoms with E-state index in [2.05, 4.69) is 13.8 Å². The Hall–Kier alpha value is -1.38. The van der Waals surface area contributed by atoms with Crippen molar-refractivity contribution in [1.29, 1.82) is 0 Å². The molecule has 0 aliphatic heterocycles. The van der Waals surface area contributed by atoms with Gasteiger partial charge in [-0.2, -0.15) is 0 Å². The van der Waals surface area contributed by atoms with Gasteiger partial charge in [-0.25, -0.2) is 4.39 Å². The van der Waals surface area contributed by atoms with Gasteiger partial charge in [0.15, 0.2) is 6.29 Å². The second-order valence-corrected chi connectivity index (χ2v) is 4.33. The molecular formula is C13H17FO2. The summed E-state index contributed by atoms with van der Waals surface area (Å²) in [4.78, 5) is 10.7. The number of carbonyl (C=O) groups is 1. The molecule has 0 bridgehead atoms. The van der Waals surface area contributed by atoms with Crippen molar-refractivity contribution in [3.8, 4) is 5.75 Å². The van der Waals surface area contributed by atoms with Gasteiger partial charge in [-0.05, 0) is 31.4 Å². The van der Waals surface area contributed by atoms with Gasteiger partial charge in [-0.1, -0.05) is 19.9 Å². The lowest BCUT2D eigenvalue weighted by Crippen LogP contribution is -2.15. The van der Waals surface area contributed by atoms with Crippen LogP contribution in [0.3, 0.4) is 0 Å². The maximum absolute atomic E-state index is 13.3. The summed E-state index contributed by atoms with van der Waals surface area (Å²) in [5, 5.41) is 0. The van der Waals surface area contributed by atoms with E-state index in [1.54, 1.807) is 12.1 Å². The van der Waals surface area contributed by atoms with E-state index in [-0.39, 0.29) is 11.7 Å². The third-order valence-electron chi connectivity index (χ3n) is 2.26. The highest BCUT2D eigenvalue weighted by molar-refractivity contribution is 5.79. The van der Waals surface area contributed by atoms with E-state index in [9.17, 15) is 9.18 Å². The minimum Gasteiger partial charge on any atom is -0.490 e. The van der Waals surface area contributed by atoms with Crippen molar-refractivity contribution < 1.29 is 13.9 Å². The minimum atomic E-state index is -0.538. The molecule has 88 valence electrons. The number of rotatable bonds is 5. The zero-order valence-electron chi connectivity index (χ0n) is 9.87. The number of ether oxygens (including phenoxy) is 1. The highest BCUT2D eigenvalue weighted by Gasteiger charge is 2.12. The van der Waals surface area contributed by atoms with Crippen LogP contribution < -0.4 is 4.74 Å². The van der Waals surface area contributed by atoms with Gasteiger partial charge in [0.05, 0.1) is 11.7 Å². The van der Waals surface area contributed by atoms with E-state index >= 15 is 0 Å². The number of hydrogen-bond acceptors (Lipinski definition) is 2. The fraction of sp³-hybridized carbons (Fsp3) is 0.462. The van der Waals surface area contributed by atoms with Gasteiger partial charge in [-0.3, -0.25) is 4.79 Å². The van der Waals surface area contributed by atoms with E-state index in [0.29, 0.717) is 18.0 Å². The average molecular weight is 224 g/mol. The second-order valence-electron chi connectivity index (χ2n) is 4.33. The molecule has 2 nitrogen and oxygen atoms in total. The zero-order chi connectivity index (χ0) is 12.1. The molecule has 0 aromatic heterocycles. The number of benzene rings is 1. The summed E-state index contributed by atoms with van der Waals surface area (Å²) in [5.41, 5.74) is -0.00175. The van der Waals surface area contributed by atoms with E-state index in [0.717, 1.165) is 6.42 Å². The van der Waals surface area contributed by atoms with Gasteiger partial charge >= 0.3 is 0 Å². The van der Waals surface area contributed by atoms with E-state index in [1.807, 2.05) is 6.92 Å². The van der Waals surface area contributed by atoms with Crippen LogP contribution in [0.1, 0.15) is 37.6 Å². The van der Waals surface area contributed by atoms with Crippen molar-refractivity contribution in [1.82, 2.24) is 0 Å². The summed E-state index contributed by atoms with van der Waals surface area (Å²) >= 11 is 0. The van der Waals surface area contributed by atoms with Gasteiger partial charge in [0.1, 0.15) is 11.6 Å². The van der Waals surface area contributed by atoms with Crippen molar-refractivity contribution in [2.75, 3.05) is 0 Å². The molecule has 1 rings (SSSR count). The Kier molecular flexibility index (Phi) is 4.47. The van der Waals surface area contributed by atoms with Crippen LogP contribution >= 0.6 is 0 Å². The summed E-state index contributed by atoms with van der Waals surface area (Å²) in [7, 11) is 0. The molecule has 1 aromatic carbocycles. The van der Waals surface area contributed by atoms with E-state index in [1.165, 1.54) is 6.07 Å². The van der Waals surface area contributed by atoms with Crippen molar-refractivity contribution in [2.24, 2.45) is 5.92 Å². The SMILES string of the molecule is CC(C)CC(C)Oc1cccc(F)c1C=O. The lowest BCUT2D eigenvalue weighted by Gasteiger charge is -2.17. The predicted octanol–water partition coefficient (Wildman–Crippen LogP) is 3.45. The lowest BCUT2D eigenvalue weighted by molar-refractivity contribution is 0.111. The number of aldehydes is 1. The molecule has 0 spiro atoms. The first-order chi connectivity index (χ1) is 7.54. The zero-order valence-corrected chi connectivity index (χ0v) is 9.87. The molecule has 16 heavy (non-hydrogen) atoms. The van der Waals surface area contributed by atoms with Gasteiger partial charge in [0.25, 0.3) is 0 Å². The summed E-state index contributed by atoms with van der Waals surface area (Å²) in [6.07, 6.45) is 1.34. The molecule has 1 atom stereocenters. The second kappa shape index (κ2) is 5.64. The summed E-state index contributed by atoms with van der Waals surface area (Å²) < 4.78 is 18.8. The van der Waals surface area contributed by atoms with E-state index < -0.39 is 5.82 Å². The fourth-order valence-electron chi connectivity index (χ4n) is 1.66.